The maximum Gasteiger partial charge on any atom is 0.234 e. The molecule has 0 aliphatic carbocycles. The van der Waals surface area contributed by atoms with E-state index < -0.39 is 0 Å². The number of hydrogen-bond acceptors (Lipinski definition) is 5. The smallest absolute Gasteiger partial charge is 0.234 e. The molecule has 1 amide bonds. The molecule has 1 N–H and O–H groups in total. The van der Waals surface area contributed by atoms with Crippen molar-refractivity contribution in [2.75, 3.05) is 39.3 Å². The molecule has 7 nitrogen and oxygen atoms in total. The number of piperazine rings is 1. The molecular weight excluding hydrogens is 426 g/mol. The normalized spacial score (nSPS) is 15.1. The number of fused-ring (bicyclic) bond motifs is 1. The second-order valence-corrected chi connectivity index (χ2v) is 9.46. The molecule has 0 saturated carbocycles. The zero-order chi connectivity index (χ0) is 23.9. The summed E-state index contributed by atoms with van der Waals surface area (Å²) in [5, 5.41) is 3.00. The fourth-order valence-electron chi connectivity index (χ4n) is 4.36. The van der Waals surface area contributed by atoms with Gasteiger partial charge in [0, 0.05) is 51.3 Å². The van der Waals surface area contributed by atoms with E-state index in [1.54, 1.807) is 0 Å². The number of hydrogen-bond donors (Lipinski definition) is 1. The molecule has 3 aromatic rings. The van der Waals surface area contributed by atoms with Crippen molar-refractivity contribution < 1.29 is 9.59 Å². The van der Waals surface area contributed by atoms with Gasteiger partial charge in [-0.1, -0.05) is 56.3 Å². The highest BCUT2D eigenvalue weighted by Crippen LogP contribution is 2.19. The lowest BCUT2D eigenvalue weighted by atomic mass is 10.1. The molecule has 34 heavy (non-hydrogen) atoms. The molecule has 0 atom stereocenters. The molecule has 7 heteroatoms. The minimum absolute atomic E-state index is 0.104. The number of amides is 1. The highest BCUT2D eigenvalue weighted by atomic mass is 16.2. The van der Waals surface area contributed by atoms with Crippen molar-refractivity contribution in [3.05, 3.63) is 66.0 Å². The first-order chi connectivity index (χ1) is 16.5. The maximum atomic E-state index is 12.7. The first-order valence-electron chi connectivity index (χ1n) is 12.2. The summed E-state index contributed by atoms with van der Waals surface area (Å²) in [6.45, 7) is 10.2. The van der Waals surface area contributed by atoms with Crippen LogP contribution in [0.2, 0.25) is 0 Å². The Balaban J connectivity index is 1.37. The van der Waals surface area contributed by atoms with Crippen molar-refractivity contribution in [2.45, 2.75) is 33.4 Å². The zero-order valence-corrected chi connectivity index (χ0v) is 20.2. The number of benzene rings is 2. The molecule has 0 bridgehead atoms. The number of carbonyl (C=O) groups excluding carboxylic acids is 2. The van der Waals surface area contributed by atoms with Crippen molar-refractivity contribution in [3.8, 4) is 0 Å². The summed E-state index contributed by atoms with van der Waals surface area (Å²) < 4.78 is 2.20. The standard InChI is InChI=1S/C27H35N5O2/c1-21(2)18-28-27(34)20-31-16-14-30(15-17-31)19-26-29-23-10-6-7-11-24(23)32(26)13-12-25(33)22-8-4-3-5-9-22/h3-11,21H,12-20H2,1-2H3,(H,28,34). The molecule has 0 spiro atoms. The van der Waals surface area contributed by atoms with E-state index in [-0.39, 0.29) is 11.7 Å². The van der Waals surface area contributed by atoms with E-state index in [9.17, 15) is 9.59 Å². The molecular formula is C27H35N5O2. The Bertz CT molecular complexity index is 1100. The minimum atomic E-state index is 0.104. The summed E-state index contributed by atoms with van der Waals surface area (Å²) in [7, 11) is 0. The summed E-state index contributed by atoms with van der Waals surface area (Å²) in [5.41, 5.74) is 2.78. The number of nitrogens with zero attached hydrogens (tertiary/aromatic N) is 4. The van der Waals surface area contributed by atoms with Crippen molar-refractivity contribution >= 4 is 22.7 Å². The van der Waals surface area contributed by atoms with Crippen LogP contribution in [0.4, 0.5) is 0 Å². The third-order valence-corrected chi connectivity index (χ3v) is 6.30. The van der Waals surface area contributed by atoms with Crippen LogP contribution in [0.5, 0.6) is 0 Å². The lowest BCUT2D eigenvalue weighted by molar-refractivity contribution is -0.122. The van der Waals surface area contributed by atoms with Gasteiger partial charge in [-0.2, -0.15) is 0 Å². The van der Waals surface area contributed by atoms with E-state index in [4.69, 9.17) is 4.98 Å². The molecule has 1 aliphatic heterocycles. The van der Waals surface area contributed by atoms with Crippen molar-refractivity contribution in [3.63, 3.8) is 0 Å². The highest BCUT2D eigenvalue weighted by Gasteiger charge is 2.21. The van der Waals surface area contributed by atoms with Gasteiger partial charge in [-0.05, 0) is 18.1 Å². The van der Waals surface area contributed by atoms with Crippen LogP contribution in [-0.4, -0.2) is 70.3 Å². The highest BCUT2D eigenvalue weighted by molar-refractivity contribution is 5.96. The Morgan fingerprint density at radius 1 is 0.941 bits per heavy atom. The van der Waals surface area contributed by atoms with Gasteiger partial charge in [0.25, 0.3) is 0 Å². The van der Waals surface area contributed by atoms with E-state index in [1.807, 2.05) is 48.5 Å². The average Bonchev–Trinajstić information content (AvgIpc) is 3.20. The van der Waals surface area contributed by atoms with Crippen LogP contribution in [0.3, 0.4) is 0 Å². The first kappa shape index (κ1) is 24.1. The lowest BCUT2D eigenvalue weighted by Gasteiger charge is -2.34. The second-order valence-electron chi connectivity index (χ2n) is 9.46. The van der Waals surface area contributed by atoms with E-state index >= 15 is 0 Å². The van der Waals surface area contributed by atoms with Crippen molar-refractivity contribution in [1.82, 2.24) is 24.7 Å². The molecule has 2 heterocycles. The van der Waals surface area contributed by atoms with E-state index in [0.29, 0.717) is 25.4 Å². The van der Waals surface area contributed by atoms with Gasteiger partial charge in [0.1, 0.15) is 5.82 Å². The monoisotopic (exact) mass is 461 g/mol. The molecule has 1 saturated heterocycles. The quantitative estimate of drug-likeness (QED) is 0.470. The molecule has 0 unspecified atom stereocenters. The first-order valence-corrected chi connectivity index (χ1v) is 12.2. The number of aromatic nitrogens is 2. The Morgan fingerprint density at radius 2 is 1.62 bits per heavy atom. The van der Waals surface area contributed by atoms with Crippen molar-refractivity contribution in [2.24, 2.45) is 5.92 Å². The molecule has 0 radical (unpaired) electrons. The van der Waals surface area contributed by atoms with Gasteiger partial charge in [-0.15, -0.1) is 0 Å². The third-order valence-electron chi connectivity index (χ3n) is 6.30. The molecule has 1 aromatic heterocycles. The number of rotatable bonds is 10. The van der Waals surface area contributed by atoms with E-state index in [2.05, 4.69) is 39.6 Å². The topological polar surface area (TPSA) is 70.5 Å². The molecule has 180 valence electrons. The fourth-order valence-corrected chi connectivity index (χ4v) is 4.36. The Hall–Kier alpha value is -3.03. The number of carbonyl (C=O) groups is 2. The van der Waals surface area contributed by atoms with Crippen LogP contribution in [0.1, 0.15) is 36.5 Å². The second kappa shape index (κ2) is 11.4. The summed E-state index contributed by atoms with van der Waals surface area (Å²) >= 11 is 0. The summed E-state index contributed by atoms with van der Waals surface area (Å²) in [6, 6.07) is 17.6. The third kappa shape index (κ3) is 6.30. The minimum Gasteiger partial charge on any atom is -0.355 e. The number of para-hydroxylation sites is 2. The zero-order valence-electron chi connectivity index (χ0n) is 20.2. The van der Waals surface area contributed by atoms with Gasteiger partial charge in [0.05, 0.1) is 24.1 Å². The van der Waals surface area contributed by atoms with Crippen LogP contribution >= 0.6 is 0 Å². The van der Waals surface area contributed by atoms with Gasteiger partial charge in [-0.3, -0.25) is 19.4 Å². The SMILES string of the molecule is CC(C)CNC(=O)CN1CCN(Cc2nc3ccccc3n2CCC(=O)c2ccccc2)CC1. The molecule has 2 aromatic carbocycles. The van der Waals surface area contributed by atoms with Gasteiger partial charge in [0.15, 0.2) is 5.78 Å². The van der Waals surface area contributed by atoms with E-state index in [0.717, 1.165) is 61.7 Å². The maximum absolute atomic E-state index is 12.7. The van der Waals surface area contributed by atoms with Crippen LogP contribution in [0, 0.1) is 5.92 Å². The predicted molar refractivity (Wildman–Crippen MR) is 135 cm³/mol. The fraction of sp³-hybridized carbons (Fsp3) is 0.444. The van der Waals surface area contributed by atoms with Crippen molar-refractivity contribution in [1.29, 1.82) is 0 Å². The van der Waals surface area contributed by atoms with Gasteiger partial charge in [0.2, 0.25) is 5.91 Å². The largest absolute Gasteiger partial charge is 0.355 e. The van der Waals surface area contributed by atoms with E-state index in [1.165, 1.54) is 0 Å². The lowest BCUT2D eigenvalue weighted by Crippen LogP contribution is -2.49. The Labute approximate surface area is 201 Å². The molecule has 4 rings (SSSR count). The van der Waals surface area contributed by atoms with Crippen LogP contribution < -0.4 is 5.32 Å². The number of ketones is 1. The number of aryl methyl sites for hydroxylation is 1. The predicted octanol–water partition coefficient (Wildman–Crippen LogP) is 3.20. The van der Waals surface area contributed by atoms with Gasteiger partial charge >= 0.3 is 0 Å². The number of Topliss-reactive ketones (excluding diaryl/α,β-unsaturated/α-hetero) is 1. The summed E-state index contributed by atoms with van der Waals surface area (Å²) in [4.78, 5) is 34.4. The van der Waals surface area contributed by atoms with Crippen LogP contribution in [0.15, 0.2) is 54.6 Å². The Kier molecular flexibility index (Phi) is 8.08. The van der Waals surface area contributed by atoms with Gasteiger partial charge in [-0.25, -0.2) is 4.98 Å². The van der Waals surface area contributed by atoms with Crippen LogP contribution in [0.25, 0.3) is 11.0 Å². The Morgan fingerprint density at radius 3 is 2.35 bits per heavy atom. The molecule has 1 aliphatic rings. The number of imidazole rings is 1. The average molecular weight is 462 g/mol. The van der Waals surface area contributed by atoms with Gasteiger partial charge < -0.3 is 9.88 Å². The molecule has 1 fully saturated rings. The number of nitrogens with one attached hydrogen (secondary N) is 1. The van der Waals surface area contributed by atoms with Crippen LogP contribution in [-0.2, 0) is 17.9 Å². The summed E-state index contributed by atoms with van der Waals surface area (Å²) in [6.07, 6.45) is 0.441. The summed E-state index contributed by atoms with van der Waals surface area (Å²) in [5.74, 6) is 1.70.